The van der Waals surface area contributed by atoms with E-state index in [1.54, 1.807) is 12.1 Å². The number of carbonyl (C=O) groups is 3. The van der Waals surface area contributed by atoms with Crippen LogP contribution in [0.5, 0.6) is 5.75 Å². The van der Waals surface area contributed by atoms with Gasteiger partial charge in [0.2, 0.25) is 5.78 Å². The number of aliphatic hydroxyl groups is 4. The van der Waals surface area contributed by atoms with Gasteiger partial charge >= 0.3 is 0 Å². The zero-order valence-corrected chi connectivity index (χ0v) is 17.5. The highest BCUT2D eigenvalue weighted by Gasteiger charge is 2.63. The van der Waals surface area contributed by atoms with Gasteiger partial charge in [-0.3, -0.25) is 14.4 Å². The van der Waals surface area contributed by atoms with Gasteiger partial charge in [-0.15, -0.1) is 0 Å². The average Bonchev–Trinajstić information content (AvgIpc) is 2.72. The van der Waals surface area contributed by atoms with Crippen LogP contribution in [-0.4, -0.2) is 54.7 Å². The number of nitrogens with two attached hydrogens (primary N) is 1. The smallest absolute Gasteiger partial charge is 0.255 e. The zero-order valence-electron chi connectivity index (χ0n) is 17.5. The summed E-state index contributed by atoms with van der Waals surface area (Å²) in [5.74, 6) is -7.83. The first-order chi connectivity index (χ1) is 15.6. The number of ketones is 2. The summed E-state index contributed by atoms with van der Waals surface area (Å²) in [6, 6.07) is 3.39. The van der Waals surface area contributed by atoms with Crippen LogP contribution in [0.3, 0.4) is 0 Å². The van der Waals surface area contributed by atoms with Crippen molar-refractivity contribution in [3.8, 4) is 5.75 Å². The third kappa shape index (κ3) is 2.75. The van der Waals surface area contributed by atoms with Gasteiger partial charge < -0.3 is 31.3 Å². The van der Waals surface area contributed by atoms with Crippen molar-refractivity contribution in [3.05, 3.63) is 51.3 Å². The third-order valence-corrected chi connectivity index (χ3v) is 7.43. The van der Waals surface area contributed by atoms with Gasteiger partial charge in [-0.1, -0.05) is 23.8 Å². The van der Waals surface area contributed by atoms with Crippen LogP contribution in [0.15, 0.2) is 34.6 Å². The molecule has 9 nitrogen and oxygen atoms in total. The minimum atomic E-state index is -2.81. The van der Waals surface area contributed by atoms with E-state index in [1.807, 2.05) is 6.08 Å². The van der Waals surface area contributed by atoms with Gasteiger partial charge in [0.05, 0.1) is 11.7 Å². The van der Waals surface area contributed by atoms with E-state index in [0.29, 0.717) is 11.1 Å². The summed E-state index contributed by atoms with van der Waals surface area (Å²) < 4.78 is 0. The molecular formula is C24H23NO8. The maximum atomic E-state index is 13.5. The fraction of sp³-hybridized carbons (Fsp3) is 0.375. The first-order valence-corrected chi connectivity index (χ1v) is 10.8. The second-order valence-corrected chi connectivity index (χ2v) is 9.17. The van der Waals surface area contributed by atoms with Crippen LogP contribution in [-0.2, 0) is 20.8 Å². The number of hydrogen-bond donors (Lipinski definition) is 6. The number of primary amides is 1. The second kappa shape index (κ2) is 7.03. The minimum Gasteiger partial charge on any atom is -0.508 e. The van der Waals surface area contributed by atoms with Crippen LogP contribution in [0.1, 0.15) is 42.4 Å². The van der Waals surface area contributed by atoms with Crippen LogP contribution in [0.4, 0.5) is 0 Å². The van der Waals surface area contributed by atoms with E-state index < -0.39 is 64.5 Å². The largest absolute Gasteiger partial charge is 0.508 e. The molecule has 4 aliphatic rings. The van der Waals surface area contributed by atoms with Crippen LogP contribution in [0.2, 0.25) is 0 Å². The molecule has 7 N–H and O–H groups in total. The Bertz CT molecular complexity index is 1230. The topological polar surface area (TPSA) is 178 Å². The van der Waals surface area contributed by atoms with Gasteiger partial charge in [0.1, 0.15) is 22.8 Å². The minimum absolute atomic E-state index is 0.0167. The summed E-state index contributed by atoms with van der Waals surface area (Å²) in [7, 11) is 0. The number of rotatable bonds is 2. The molecule has 0 bridgehead atoms. The number of aliphatic hydroxyl groups excluding tert-OH is 3. The van der Waals surface area contributed by atoms with E-state index >= 15 is 0 Å². The lowest BCUT2D eigenvalue weighted by Crippen LogP contribution is -2.63. The monoisotopic (exact) mass is 453 g/mol. The highest BCUT2D eigenvalue weighted by Crippen LogP contribution is 2.52. The Balaban J connectivity index is 1.69. The first-order valence-electron chi connectivity index (χ1n) is 10.8. The molecule has 0 saturated heterocycles. The van der Waals surface area contributed by atoms with Crippen LogP contribution in [0.25, 0.3) is 11.8 Å². The molecule has 33 heavy (non-hydrogen) atoms. The quantitative estimate of drug-likeness (QED) is 0.358. The highest BCUT2D eigenvalue weighted by atomic mass is 16.4. The van der Waals surface area contributed by atoms with Crippen molar-refractivity contribution in [3.63, 3.8) is 0 Å². The first kappa shape index (κ1) is 21.4. The molecular weight excluding hydrogens is 430 g/mol. The second-order valence-electron chi connectivity index (χ2n) is 9.17. The summed E-state index contributed by atoms with van der Waals surface area (Å²) in [4.78, 5) is 37.5. The highest BCUT2D eigenvalue weighted by molar-refractivity contribution is 6.22. The van der Waals surface area contributed by atoms with Crippen molar-refractivity contribution in [1.29, 1.82) is 0 Å². The van der Waals surface area contributed by atoms with E-state index in [0.717, 1.165) is 24.8 Å². The van der Waals surface area contributed by atoms with Gasteiger partial charge in [0, 0.05) is 29.4 Å². The number of Topliss-reactive ketones (excluding diaryl/α,β-unsaturated/α-hetero) is 2. The third-order valence-electron chi connectivity index (χ3n) is 7.43. The van der Waals surface area contributed by atoms with E-state index in [9.17, 15) is 39.9 Å². The number of allylic oxidation sites excluding steroid dienone is 1. The Morgan fingerprint density at radius 1 is 1.12 bits per heavy atom. The molecule has 2 fully saturated rings. The van der Waals surface area contributed by atoms with E-state index in [1.165, 1.54) is 0 Å². The molecule has 5 rings (SSSR count). The molecule has 0 aliphatic heterocycles. The van der Waals surface area contributed by atoms with Gasteiger partial charge in [-0.05, 0) is 31.2 Å². The molecule has 0 heterocycles. The van der Waals surface area contributed by atoms with Crippen molar-refractivity contribution < 1.29 is 39.9 Å². The standard InChI is InChI=1S/C24H23NO8/c25-23(32)17-14(26)8-13-19(28)12-7-10-4-5-11(6-9-2-1-3-9)18(27)15(10)20(29)16(12)21(30)24(13,33)22(17)31/h4-6,12-13,19,27-29,31,33H,1-3,7-8H2,(H2,25,32)/t12-,13-,19+,24+/m1/s1. The number of phenols is 1. The Morgan fingerprint density at radius 3 is 2.42 bits per heavy atom. The lowest BCUT2D eigenvalue weighted by molar-refractivity contribution is -0.159. The molecule has 0 unspecified atom stereocenters. The number of fused-ring (bicyclic) bond motifs is 3. The fourth-order valence-corrected chi connectivity index (χ4v) is 5.49. The summed E-state index contributed by atoms with van der Waals surface area (Å²) in [6.07, 6.45) is 2.69. The van der Waals surface area contributed by atoms with Crippen molar-refractivity contribution in [1.82, 2.24) is 0 Å². The molecule has 9 heteroatoms. The van der Waals surface area contributed by atoms with E-state index in [2.05, 4.69) is 0 Å². The molecule has 0 radical (unpaired) electrons. The van der Waals surface area contributed by atoms with Gasteiger partial charge in [-0.25, -0.2) is 0 Å². The zero-order chi connectivity index (χ0) is 23.8. The fourth-order valence-electron chi connectivity index (χ4n) is 5.49. The van der Waals surface area contributed by atoms with Crippen molar-refractivity contribution in [2.75, 3.05) is 0 Å². The molecule has 1 aromatic rings. The molecule has 0 aromatic heterocycles. The van der Waals surface area contributed by atoms with Crippen molar-refractivity contribution in [2.24, 2.45) is 17.6 Å². The summed E-state index contributed by atoms with van der Waals surface area (Å²) in [5, 5.41) is 54.8. The Hall–Kier alpha value is -3.43. The normalized spacial score (nSPS) is 31.0. The number of aromatic hydroxyl groups is 1. The van der Waals surface area contributed by atoms with Crippen LogP contribution < -0.4 is 5.73 Å². The molecule has 172 valence electrons. The Kier molecular flexibility index (Phi) is 4.56. The Labute approximate surface area is 188 Å². The van der Waals surface area contributed by atoms with Crippen LogP contribution in [0, 0.1) is 11.8 Å². The lowest BCUT2D eigenvalue weighted by atomic mass is 9.58. The van der Waals surface area contributed by atoms with Crippen molar-refractivity contribution in [2.45, 2.75) is 43.8 Å². The number of carbonyl (C=O) groups excluding carboxylic acids is 3. The molecule has 4 aliphatic carbocycles. The van der Waals surface area contributed by atoms with Gasteiger partial charge in [0.15, 0.2) is 11.4 Å². The van der Waals surface area contributed by atoms with E-state index in [4.69, 9.17) is 5.73 Å². The number of benzene rings is 1. The maximum Gasteiger partial charge on any atom is 0.255 e. The van der Waals surface area contributed by atoms with Crippen LogP contribution >= 0.6 is 0 Å². The average molecular weight is 453 g/mol. The summed E-state index contributed by atoms with van der Waals surface area (Å²) in [5.41, 5.74) is 3.20. The molecule has 2 saturated carbocycles. The SMILES string of the molecule is NC(=O)C1=C(O)[C@@]2(O)C(=O)C3=C(O)c4c(ccc(C=C5CCC5)c4O)C[C@H]3[C@H](O)[C@H]2CC1=O. The predicted octanol–water partition coefficient (Wildman–Crippen LogP) is 0.962. The summed E-state index contributed by atoms with van der Waals surface area (Å²) >= 11 is 0. The lowest BCUT2D eigenvalue weighted by Gasteiger charge is -2.48. The van der Waals surface area contributed by atoms with Gasteiger partial charge in [-0.2, -0.15) is 0 Å². The number of hydrogen-bond acceptors (Lipinski definition) is 8. The van der Waals surface area contributed by atoms with Gasteiger partial charge in [0.25, 0.3) is 5.91 Å². The number of phenolic OH excluding ortho intramolecular Hbond substituents is 1. The Morgan fingerprint density at radius 2 is 1.82 bits per heavy atom. The summed E-state index contributed by atoms with van der Waals surface area (Å²) in [6.45, 7) is 0. The number of amides is 1. The van der Waals surface area contributed by atoms with E-state index in [-0.39, 0.29) is 23.3 Å². The maximum absolute atomic E-state index is 13.5. The molecule has 1 aromatic carbocycles. The van der Waals surface area contributed by atoms with Crippen molar-refractivity contribution >= 4 is 29.3 Å². The molecule has 4 atom stereocenters. The molecule has 1 amide bonds. The molecule has 0 spiro atoms. The predicted molar refractivity (Wildman–Crippen MR) is 115 cm³/mol.